The molecule has 1 N–H and O–H groups in total. The summed E-state index contributed by atoms with van der Waals surface area (Å²) in [5.41, 5.74) is -0.422. The summed E-state index contributed by atoms with van der Waals surface area (Å²) in [6, 6.07) is 0. The highest BCUT2D eigenvalue weighted by atomic mass is 16.6. The largest absolute Gasteiger partial charge is 0.444 e. The van der Waals surface area contributed by atoms with Gasteiger partial charge in [-0.05, 0) is 52.4 Å². The van der Waals surface area contributed by atoms with Gasteiger partial charge in [-0.3, -0.25) is 0 Å². The van der Waals surface area contributed by atoms with Crippen molar-refractivity contribution >= 4 is 6.09 Å². The molecule has 1 saturated heterocycles. The van der Waals surface area contributed by atoms with Gasteiger partial charge in [0.05, 0.1) is 0 Å². The number of hydrogen-bond acceptors (Lipinski definition) is 3. The molecule has 1 atom stereocenters. The van der Waals surface area contributed by atoms with E-state index < -0.39 is 5.60 Å². The predicted molar refractivity (Wildman–Crippen MR) is 64.7 cm³/mol. The van der Waals surface area contributed by atoms with Gasteiger partial charge < -0.3 is 14.7 Å². The second-order valence-corrected chi connectivity index (χ2v) is 6.40. The average Bonchev–Trinajstić information content (AvgIpc) is 2.95. The summed E-state index contributed by atoms with van der Waals surface area (Å²) in [6.07, 6.45) is 3.75. The summed E-state index contributed by atoms with van der Waals surface area (Å²) < 4.78 is 5.45. The highest BCUT2D eigenvalue weighted by molar-refractivity contribution is 5.70. The molecule has 0 aromatic rings. The van der Waals surface area contributed by atoms with Gasteiger partial charge in [-0.15, -0.1) is 0 Å². The van der Waals surface area contributed by atoms with E-state index in [4.69, 9.17) is 4.74 Å². The minimum Gasteiger partial charge on any atom is -0.444 e. The lowest BCUT2D eigenvalue weighted by Crippen LogP contribution is -2.50. The van der Waals surface area contributed by atoms with Crippen LogP contribution in [0.4, 0.5) is 4.79 Å². The van der Waals surface area contributed by atoms with E-state index in [1.165, 1.54) is 0 Å². The van der Waals surface area contributed by atoms with Gasteiger partial charge in [0, 0.05) is 18.7 Å². The molecule has 1 amide bonds. The first-order chi connectivity index (χ1) is 7.86. The monoisotopic (exact) mass is 241 g/mol. The van der Waals surface area contributed by atoms with Crippen molar-refractivity contribution in [2.24, 2.45) is 5.92 Å². The fraction of sp³-hybridized carbons (Fsp3) is 0.923. The Morgan fingerprint density at radius 2 is 2.12 bits per heavy atom. The maximum atomic E-state index is 12.1. The third kappa shape index (κ3) is 2.73. The van der Waals surface area contributed by atoms with Crippen molar-refractivity contribution in [2.45, 2.75) is 57.6 Å². The van der Waals surface area contributed by atoms with E-state index in [-0.39, 0.29) is 18.2 Å². The van der Waals surface area contributed by atoms with Gasteiger partial charge in [0.1, 0.15) is 5.60 Å². The Labute approximate surface area is 103 Å². The number of carbonyl (C=O) groups is 1. The maximum Gasteiger partial charge on any atom is 0.410 e. The Balaban J connectivity index is 2.00. The zero-order chi connectivity index (χ0) is 12.7. The van der Waals surface area contributed by atoms with Crippen molar-refractivity contribution in [3.63, 3.8) is 0 Å². The summed E-state index contributed by atoms with van der Waals surface area (Å²) in [5.74, 6) is 0.358. The van der Waals surface area contributed by atoms with Gasteiger partial charge in [0.2, 0.25) is 0 Å². The van der Waals surface area contributed by atoms with Crippen molar-refractivity contribution < 1.29 is 14.6 Å². The molecule has 0 bridgehead atoms. The summed E-state index contributed by atoms with van der Waals surface area (Å²) >= 11 is 0. The van der Waals surface area contributed by atoms with E-state index in [0.29, 0.717) is 5.92 Å². The minimum absolute atomic E-state index is 0.00792. The first kappa shape index (κ1) is 12.7. The predicted octanol–water partition coefficient (Wildman–Crippen LogP) is 2.16. The normalized spacial score (nSPS) is 27.1. The maximum absolute atomic E-state index is 12.1. The highest BCUT2D eigenvalue weighted by Crippen LogP contribution is 2.50. The van der Waals surface area contributed by atoms with Crippen LogP contribution in [0.3, 0.4) is 0 Å². The minimum atomic E-state index is -0.430. The number of hydrogen-bond donors (Lipinski definition) is 1. The van der Waals surface area contributed by atoms with Crippen LogP contribution in [0, 0.1) is 5.92 Å². The third-order valence-corrected chi connectivity index (χ3v) is 3.70. The Morgan fingerprint density at radius 1 is 1.47 bits per heavy atom. The summed E-state index contributed by atoms with van der Waals surface area (Å²) in [5, 5.41) is 9.23. The molecule has 17 heavy (non-hydrogen) atoms. The number of amides is 1. The molecule has 2 fully saturated rings. The molecule has 1 aliphatic carbocycles. The van der Waals surface area contributed by atoms with E-state index in [2.05, 4.69) is 0 Å². The zero-order valence-electron chi connectivity index (χ0n) is 11.0. The fourth-order valence-corrected chi connectivity index (χ4v) is 2.67. The topological polar surface area (TPSA) is 49.8 Å². The number of nitrogens with zero attached hydrogens (tertiary/aromatic N) is 1. The van der Waals surface area contributed by atoms with Crippen molar-refractivity contribution in [3.8, 4) is 0 Å². The van der Waals surface area contributed by atoms with Crippen LogP contribution in [0.5, 0.6) is 0 Å². The molecular formula is C13H23NO3. The van der Waals surface area contributed by atoms with Crippen molar-refractivity contribution in [1.29, 1.82) is 0 Å². The Hall–Kier alpha value is -0.770. The Kier molecular flexibility index (Phi) is 3.10. The van der Waals surface area contributed by atoms with Crippen LogP contribution in [-0.2, 0) is 4.74 Å². The fourth-order valence-electron chi connectivity index (χ4n) is 2.67. The lowest BCUT2D eigenvalue weighted by atomic mass is 9.90. The molecule has 0 aromatic heterocycles. The van der Waals surface area contributed by atoms with Crippen molar-refractivity contribution in [3.05, 3.63) is 0 Å². The van der Waals surface area contributed by atoms with E-state index in [9.17, 15) is 9.90 Å². The molecule has 4 nitrogen and oxygen atoms in total. The van der Waals surface area contributed by atoms with Gasteiger partial charge >= 0.3 is 6.09 Å². The molecule has 1 saturated carbocycles. The van der Waals surface area contributed by atoms with E-state index in [1.807, 2.05) is 25.7 Å². The zero-order valence-corrected chi connectivity index (χ0v) is 11.0. The van der Waals surface area contributed by atoms with Crippen LogP contribution in [0.15, 0.2) is 0 Å². The molecule has 4 heteroatoms. The van der Waals surface area contributed by atoms with Gasteiger partial charge in [-0.25, -0.2) is 4.79 Å². The number of carbonyl (C=O) groups excluding carboxylic acids is 1. The molecule has 1 aliphatic heterocycles. The number of rotatable bonds is 1. The summed E-state index contributed by atoms with van der Waals surface area (Å²) in [6.45, 7) is 6.64. The Morgan fingerprint density at radius 3 is 2.59 bits per heavy atom. The lowest BCUT2D eigenvalue weighted by molar-refractivity contribution is -0.00444. The van der Waals surface area contributed by atoms with E-state index in [1.54, 1.807) is 0 Å². The average molecular weight is 241 g/mol. The molecule has 1 heterocycles. The number of piperidine rings is 1. The van der Waals surface area contributed by atoms with E-state index >= 15 is 0 Å². The Bertz CT molecular complexity index is 304. The van der Waals surface area contributed by atoms with Crippen LogP contribution in [0.1, 0.15) is 46.5 Å². The standard InChI is InChI=1S/C13H23NO3/c1-12(2,3)17-11(16)14-7-4-10(9-15)8-13(14)5-6-13/h10,15H,4-9H2,1-3H3. The molecular weight excluding hydrogens is 218 g/mol. The summed E-state index contributed by atoms with van der Waals surface area (Å²) in [4.78, 5) is 14.0. The van der Waals surface area contributed by atoms with Crippen LogP contribution in [0.25, 0.3) is 0 Å². The molecule has 0 aromatic carbocycles. The SMILES string of the molecule is CC(C)(C)OC(=O)N1CCC(CO)CC12CC2. The van der Waals surface area contributed by atoms with Crippen LogP contribution in [0.2, 0.25) is 0 Å². The van der Waals surface area contributed by atoms with Gasteiger partial charge in [-0.2, -0.15) is 0 Å². The van der Waals surface area contributed by atoms with Crippen LogP contribution < -0.4 is 0 Å². The number of likely N-dealkylation sites (tertiary alicyclic amines) is 1. The molecule has 0 radical (unpaired) electrons. The summed E-state index contributed by atoms with van der Waals surface area (Å²) in [7, 11) is 0. The molecule has 1 spiro atoms. The highest BCUT2D eigenvalue weighted by Gasteiger charge is 2.54. The lowest BCUT2D eigenvalue weighted by Gasteiger charge is -2.40. The first-order valence-electron chi connectivity index (χ1n) is 6.48. The van der Waals surface area contributed by atoms with E-state index in [0.717, 1.165) is 32.2 Å². The van der Waals surface area contributed by atoms with Gasteiger partial charge in [-0.1, -0.05) is 0 Å². The molecule has 2 aliphatic rings. The molecule has 2 rings (SSSR count). The quantitative estimate of drug-likeness (QED) is 0.765. The van der Waals surface area contributed by atoms with Gasteiger partial charge in [0.25, 0.3) is 0 Å². The van der Waals surface area contributed by atoms with Gasteiger partial charge in [0.15, 0.2) is 0 Å². The third-order valence-electron chi connectivity index (χ3n) is 3.70. The molecule has 98 valence electrons. The van der Waals surface area contributed by atoms with Crippen molar-refractivity contribution in [2.75, 3.05) is 13.2 Å². The van der Waals surface area contributed by atoms with Crippen LogP contribution in [-0.4, -0.2) is 40.4 Å². The number of ether oxygens (including phenoxy) is 1. The second kappa shape index (κ2) is 4.16. The van der Waals surface area contributed by atoms with Crippen LogP contribution >= 0.6 is 0 Å². The smallest absolute Gasteiger partial charge is 0.410 e. The molecule has 1 unspecified atom stereocenters. The second-order valence-electron chi connectivity index (χ2n) is 6.40. The van der Waals surface area contributed by atoms with Crippen molar-refractivity contribution in [1.82, 2.24) is 4.90 Å². The first-order valence-corrected chi connectivity index (χ1v) is 6.48. The number of aliphatic hydroxyl groups excluding tert-OH is 1. The number of aliphatic hydroxyl groups is 1.